The fourth-order valence-electron chi connectivity index (χ4n) is 4.75. The van der Waals surface area contributed by atoms with Gasteiger partial charge in [0.1, 0.15) is 5.78 Å². The molecule has 1 unspecified atom stereocenters. The van der Waals surface area contributed by atoms with Gasteiger partial charge in [0.2, 0.25) is 0 Å². The van der Waals surface area contributed by atoms with Gasteiger partial charge in [0, 0.05) is 29.4 Å². The third kappa shape index (κ3) is 11.1. The van der Waals surface area contributed by atoms with E-state index >= 15 is 0 Å². The van der Waals surface area contributed by atoms with Crippen LogP contribution in [-0.2, 0) is 25.1 Å². The minimum absolute atomic E-state index is 0.0995. The van der Waals surface area contributed by atoms with E-state index in [2.05, 4.69) is 12.2 Å². The van der Waals surface area contributed by atoms with Crippen molar-refractivity contribution in [1.82, 2.24) is 0 Å². The second-order valence-corrected chi connectivity index (χ2v) is 11.1. The number of carbonyl (C=O) groups excluding carboxylic acids is 2. The van der Waals surface area contributed by atoms with E-state index in [1.807, 2.05) is 38.1 Å². The van der Waals surface area contributed by atoms with Crippen LogP contribution in [0.5, 0.6) is 0 Å². The molecule has 0 bridgehead atoms. The lowest BCUT2D eigenvalue weighted by atomic mass is 9.87. The number of carbonyl (C=O) groups is 2. The number of hydrogen-bond donors (Lipinski definition) is 0. The number of benzene rings is 1. The van der Waals surface area contributed by atoms with Gasteiger partial charge in [0.05, 0.1) is 17.4 Å². The molecule has 1 aliphatic carbocycles. The van der Waals surface area contributed by atoms with E-state index < -0.39 is 10.8 Å². The van der Waals surface area contributed by atoms with Crippen molar-refractivity contribution in [1.29, 1.82) is 0 Å². The molecule has 0 aliphatic heterocycles. The van der Waals surface area contributed by atoms with Crippen LogP contribution in [0.1, 0.15) is 96.0 Å². The third-order valence-corrected chi connectivity index (χ3v) is 8.24. The minimum Gasteiger partial charge on any atom is -0.466 e. The first-order valence-electron chi connectivity index (χ1n) is 13.3. The zero-order chi connectivity index (χ0) is 24.6. The third-order valence-electron chi connectivity index (χ3n) is 6.79. The van der Waals surface area contributed by atoms with Gasteiger partial charge in [-0.25, -0.2) is 0 Å². The van der Waals surface area contributed by atoms with Crippen molar-refractivity contribution in [2.24, 2.45) is 11.8 Å². The molecule has 0 amide bonds. The van der Waals surface area contributed by atoms with Gasteiger partial charge in [0.25, 0.3) is 0 Å². The molecule has 190 valence electrons. The Morgan fingerprint density at radius 3 is 2.53 bits per heavy atom. The van der Waals surface area contributed by atoms with Gasteiger partial charge < -0.3 is 4.74 Å². The van der Waals surface area contributed by atoms with Crippen molar-refractivity contribution in [2.75, 3.05) is 12.4 Å². The van der Waals surface area contributed by atoms with Crippen LogP contribution in [0.25, 0.3) is 0 Å². The van der Waals surface area contributed by atoms with Crippen LogP contribution in [0.2, 0.25) is 0 Å². The lowest BCUT2D eigenvalue weighted by Gasteiger charge is -2.16. The molecule has 3 atom stereocenters. The number of unbranched alkanes of at least 4 members (excludes halogenated alkanes) is 6. The molecule has 5 heteroatoms. The maximum absolute atomic E-state index is 12.3. The SMILES string of the molecule is CCOC(=O)CCCCCC[C@H]1C(=O)CC[C@@H]1C/C=C/CCCCCS(=O)c1ccc(C)cc1. The van der Waals surface area contributed by atoms with Gasteiger partial charge in [-0.15, -0.1) is 0 Å². The van der Waals surface area contributed by atoms with Crippen LogP contribution in [-0.4, -0.2) is 28.3 Å². The van der Waals surface area contributed by atoms with Gasteiger partial charge >= 0.3 is 5.97 Å². The van der Waals surface area contributed by atoms with Crippen molar-refractivity contribution in [3.05, 3.63) is 42.0 Å². The number of esters is 1. The molecule has 1 aromatic rings. The van der Waals surface area contributed by atoms with Crippen LogP contribution in [0.15, 0.2) is 41.3 Å². The Balaban J connectivity index is 1.53. The standard InChI is InChI=1S/C29H44O4S/c1-3-33-29(31)16-12-8-7-11-15-27-25(19-22-28(27)30)14-10-6-4-5-9-13-23-34(32)26-20-17-24(2)18-21-26/h6,10,17-18,20-21,25,27H,3-5,7-9,11-16,19,22-23H2,1-2H3/b10-6+/t25-,27+,34?/m0/s1. The minimum atomic E-state index is -0.889. The monoisotopic (exact) mass is 488 g/mol. The van der Waals surface area contributed by atoms with Crippen LogP contribution < -0.4 is 0 Å². The molecule has 0 saturated heterocycles. The molecule has 2 rings (SSSR count). The molecule has 0 N–H and O–H groups in total. The molecular weight excluding hydrogens is 444 g/mol. The van der Waals surface area contributed by atoms with Crippen molar-refractivity contribution >= 4 is 22.6 Å². The van der Waals surface area contributed by atoms with Crippen molar-refractivity contribution < 1.29 is 18.5 Å². The number of aryl methyl sites for hydroxylation is 1. The van der Waals surface area contributed by atoms with Crippen LogP contribution >= 0.6 is 0 Å². The molecule has 0 spiro atoms. The Morgan fingerprint density at radius 2 is 1.76 bits per heavy atom. The van der Waals surface area contributed by atoms with Crippen molar-refractivity contribution in [3.8, 4) is 0 Å². The number of ether oxygens (including phenoxy) is 1. The molecule has 34 heavy (non-hydrogen) atoms. The summed E-state index contributed by atoms with van der Waals surface area (Å²) in [5.41, 5.74) is 1.20. The predicted octanol–water partition coefficient (Wildman–Crippen LogP) is 7.11. The fraction of sp³-hybridized carbons (Fsp3) is 0.655. The molecule has 1 saturated carbocycles. The number of Topliss-reactive ketones (excluding diaryl/α,β-unsaturated/α-hetero) is 1. The summed E-state index contributed by atoms with van der Waals surface area (Å²) in [6.07, 6.45) is 17.2. The summed E-state index contributed by atoms with van der Waals surface area (Å²) >= 11 is 0. The second kappa shape index (κ2) is 16.8. The predicted molar refractivity (Wildman–Crippen MR) is 140 cm³/mol. The summed E-state index contributed by atoms with van der Waals surface area (Å²) in [4.78, 5) is 24.6. The maximum atomic E-state index is 12.3. The normalized spacial score (nSPS) is 19.1. The number of ketones is 1. The van der Waals surface area contributed by atoms with E-state index in [0.29, 0.717) is 24.7 Å². The van der Waals surface area contributed by atoms with E-state index in [-0.39, 0.29) is 11.9 Å². The van der Waals surface area contributed by atoms with Crippen LogP contribution in [0.4, 0.5) is 0 Å². The smallest absolute Gasteiger partial charge is 0.305 e. The average molecular weight is 489 g/mol. The largest absolute Gasteiger partial charge is 0.466 e. The average Bonchev–Trinajstić information content (AvgIpc) is 3.17. The highest BCUT2D eigenvalue weighted by Gasteiger charge is 2.32. The number of rotatable bonds is 17. The number of hydrogen-bond acceptors (Lipinski definition) is 4. The summed E-state index contributed by atoms with van der Waals surface area (Å²) in [6, 6.07) is 7.99. The summed E-state index contributed by atoms with van der Waals surface area (Å²) in [5.74, 6) is 1.82. The molecule has 0 radical (unpaired) electrons. The van der Waals surface area contributed by atoms with Gasteiger partial charge in [-0.3, -0.25) is 13.8 Å². The van der Waals surface area contributed by atoms with E-state index in [4.69, 9.17) is 4.74 Å². The highest BCUT2D eigenvalue weighted by atomic mass is 32.2. The zero-order valence-corrected chi connectivity index (χ0v) is 22.1. The maximum Gasteiger partial charge on any atom is 0.305 e. The summed E-state index contributed by atoms with van der Waals surface area (Å²) in [7, 11) is -0.889. The fourth-order valence-corrected chi connectivity index (χ4v) is 5.89. The lowest BCUT2D eigenvalue weighted by molar-refractivity contribution is -0.143. The molecule has 1 fully saturated rings. The van der Waals surface area contributed by atoms with Crippen LogP contribution in [0, 0.1) is 18.8 Å². The Kier molecular flexibility index (Phi) is 14.1. The Bertz CT molecular complexity index is 784. The van der Waals surface area contributed by atoms with E-state index in [1.165, 1.54) is 5.56 Å². The van der Waals surface area contributed by atoms with Gasteiger partial charge in [-0.2, -0.15) is 0 Å². The quantitative estimate of drug-likeness (QED) is 0.133. The topological polar surface area (TPSA) is 60.4 Å². The first-order chi connectivity index (χ1) is 16.5. The van der Waals surface area contributed by atoms with Gasteiger partial charge in [-0.1, -0.05) is 55.5 Å². The van der Waals surface area contributed by atoms with E-state index in [1.54, 1.807) is 0 Å². The first kappa shape index (κ1) is 28.5. The summed E-state index contributed by atoms with van der Waals surface area (Å²) in [6.45, 7) is 4.33. The first-order valence-corrected chi connectivity index (χ1v) is 14.6. The second-order valence-electron chi connectivity index (χ2n) is 9.55. The van der Waals surface area contributed by atoms with Crippen LogP contribution in [0.3, 0.4) is 0 Å². The Labute approximate surface area is 209 Å². The highest BCUT2D eigenvalue weighted by molar-refractivity contribution is 7.85. The highest BCUT2D eigenvalue weighted by Crippen LogP contribution is 2.35. The number of allylic oxidation sites excluding steroid dienone is 2. The van der Waals surface area contributed by atoms with Crippen molar-refractivity contribution in [3.63, 3.8) is 0 Å². The van der Waals surface area contributed by atoms with Gasteiger partial charge in [0.15, 0.2) is 0 Å². The summed E-state index contributed by atoms with van der Waals surface area (Å²) in [5, 5.41) is 0. The molecule has 0 aromatic heterocycles. The molecule has 1 aromatic carbocycles. The molecule has 1 aliphatic rings. The molecule has 4 nitrogen and oxygen atoms in total. The van der Waals surface area contributed by atoms with Gasteiger partial charge in [-0.05, 0) is 76.8 Å². The zero-order valence-electron chi connectivity index (χ0n) is 21.3. The van der Waals surface area contributed by atoms with E-state index in [9.17, 15) is 13.8 Å². The van der Waals surface area contributed by atoms with E-state index in [0.717, 1.165) is 87.7 Å². The Hall–Kier alpha value is -1.75. The summed E-state index contributed by atoms with van der Waals surface area (Å²) < 4.78 is 17.3. The van der Waals surface area contributed by atoms with Crippen molar-refractivity contribution in [2.45, 2.75) is 102 Å². The Morgan fingerprint density at radius 1 is 1.03 bits per heavy atom. The molecule has 0 heterocycles. The molecular formula is C29H44O4S. The lowest BCUT2D eigenvalue weighted by Crippen LogP contribution is -2.14.